The van der Waals surface area contributed by atoms with E-state index in [1.165, 1.54) is 13.3 Å². The van der Waals surface area contributed by atoms with Crippen molar-refractivity contribution in [1.29, 1.82) is 0 Å². The number of aliphatic hydroxyl groups excluding tert-OH is 1. The van der Waals surface area contributed by atoms with Crippen LogP contribution in [0.1, 0.15) is 55.4 Å². The Hall–Kier alpha value is -4.03. The fraction of sp³-hybridized carbons (Fsp3) is 0.333. The zero-order valence-electron chi connectivity index (χ0n) is 24.8. The molecule has 0 saturated carbocycles. The number of rotatable bonds is 11. The Bertz CT molecular complexity index is 1530. The molecule has 5 rings (SSSR count). The Morgan fingerprint density at radius 2 is 1.77 bits per heavy atom. The van der Waals surface area contributed by atoms with E-state index in [0.29, 0.717) is 12.3 Å². The van der Waals surface area contributed by atoms with E-state index in [4.69, 9.17) is 14.2 Å². The second-order valence-electron chi connectivity index (χ2n) is 10.7. The third-order valence-corrected chi connectivity index (χ3v) is 8.49. The molecule has 0 aliphatic carbocycles. The maximum absolute atomic E-state index is 12.3. The Kier molecular flexibility index (Phi) is 10.4. The zero-order chi connectivity index (χ0) is 31.1. The van der Waals surface area contributed by atoms with E-state index in [9.17, 15) is 14.7 Å². The van der Waals surface area contributed by atoms with Crippen LogP contribution in [0.2, 0.25) is 0 Å². The molecule has 0 bridgehead atoms. The van der Waals surface area contributed by atoms with E-state index in [-0.39, 0.29) is 30.6 Å². The van der Waals surface area contributed by atoms with Crippen molar-refractivity contribution in [2.75, 3.05) is 5.75 Å². The lowest BCUT2D eigenvalue weighted by Crippen LogP contribution is -2.38. The molecule has 0 unspecified atom stereocenters. The smallest absolute Gasteiger partial charge is 0.303 e. The maximum Gasteiger partial charge on any atom is 0.303 e. The Balaban J connectivity index is 1.30. The largest absolute Gasteiger partial charge is 0.453 e. The number of hydrogen-bond donors (Lipinski definition) is 3. The fourth-order valence-electron chi connectivity index (χ4n) is 5.06. The van der Waals surface area contributed by atoms with Gasteiger partial charge in [-0.25, -0.2) is 4.98 Å². The van der Waals surface area contributed by atoms with Gasteiger partial charge in [0.2, 0.25) is 0 Å². The third kappa shape index (κ3) is 7.92. The molecule has 1 amide bonds. The highest BCUT2D eigenvalue weighted by Gasteiger charge is 2.38. The number of amides is 1. The molecule has 44 heavy (non-hydrogen) atoms. The number of nitrogens with zero attached hydrogens (tertiary/aromatic N) is 2. The van der Waals surface area contributed by atoms with Gasteiger partial charge in [-0.05, 0) is 40.8 Å². The number of ether oxygens (including phenoxy) is 3. The van der Waals surface area contributed by atoms with Gasteiger partial charge in [-0.15, -0.1) is 0 Å². The van der Waals surface area contributed by atoms with Crippen molar-refractivity contribution in [3.63, 3.8) is 0 Å². The third-order valence-electron chi connectivity index (χ3n) is 7.52. The van der Waals surface area contributed by atoms with Crippen molar-refractivity contribution in [2.24, 2.45) is 5.92 Å². The van der Waals surface area contributed by atoms with Crippen LogP contribution in [-0.4, -0.2) is 50.1 Å². The number of aromatic amines is 1. The fourth-order valence-corrected chi connectivity index (χ4v) is 6.01. The first kappa shape index (κ1) is 31.4. The summed E-state index contributed by atoms with van der Waals surface area (Å²) in [5, 5.41) is 19.9. The molecule has 5 atom stereocenters. The van der Waals surface area contributed by atoms with Crippen LogP contribution >= 0.6 is 11.8 Å². The first-order chi connectivity index (χ1) is 21.3. The highest BCUT2D eigenvalue weighted by Crippen LogP contribution is 2.43. The predicted molar refractivity (Wildman–Crippen MR) is 165 cm³/mol. The minimum absolute atomic E-state index is 0.0112. The molecule has 10 nitrogen and oxygen atoms in total. The van der Waals surface area contributed by atoms with Crippen LogP contribution in [0.4, 0.5) is 0 Å². The normalized spacial score (nSPS) is 20.5. The first-order valence-electron chi connectivity index (χ1n) is 14.4. The molecule has 1 saturated heterocycles. The van der Waals surface area contributed by atoms with E-state index >= 15 is 0 Å². The van der Waals surface area contributed by atoms with E-state index in [1.54, 1.807) is 18.7 Å². The Morgan fingerprint density at radius 3 is 2.45 bits per heavy atom. The van der Waals surface area contributed by atoms with Gasteiger partial charge in [0.1, 0.15) is 6.33 Å². The Labute approximate surface area is 260 Å². The number of carbonyl (C=O) groups excluding carboxylic acids is 2. The molecule has 1 aromatic heterocycles. The Morgan fingerprint density at radius 1 is 1.02 bits per heavy atom. The molecule has 3 N–H and O–H groups in total. The molecule has 11 heteroatoms. The monoisotopic (exact) mass is 616 g/mol. The van der Waals surface area contributed by atoms with Gasteiger partial charge in [0.05, 0.1) is 18.8 Å². The molecular formula is C33H36N4O6S. The van der Waals surface area contributed by atoms with Crippen molar-refractivity contribution in [3.05, 3.63) is 101 Å². The molecule has 1 aliphatic rings. The van der Waals surface area contributed by atoms with Crippen LogP contribution in [0.5, 0.6) is 0 Å². The number of nitrogens with one attached hydrogen (secondary N) is 2. The highest BCUT2D eigenvalue weighted by molar-refractivity contribution is 7.99. The summed E-state index contributed by atoms with van der Waals surface area (Å²) in [5.74, 6) is -0.120. The number of thioether (sulfide) groups is 1. The lowest BCUT2D eigenvalue weighted by Gasteiger charge is -2.41. The minimum atomic E-state index is -0.852. The van der Waals surface area contributed by atoms with Crippen molar-refractivity contribution in [3.8, 4) is 11.1 Å². The second kappa shape index (κ2) is 14.6. The number of aliphatic hydroxyl groups is 1. The van der Waals surface area contributed by atoms with E-state index < -0.39 is 18.4 Å². The first-order valence-corrected chi connectivity index (χ1v) is 15.4. The molecular weight excluding hydrogens is 580 g/mol. The summed E-state index contributed by atoms with van der Waals surface area (Å²) in [6.07, 6.45) is -0.276. The summed E-state index contributed by atoms with van der Waals surface area (Å²) < 4.78 is 18.0. The summed E-state index contributed by atoms with van der Waals surface area (Å²) in [4.78, 5) is 27.6. The summed E-state index contributed by atoms with van der Waals surface area (Å²) in [6, 6.07) is 23.8. The standard InChI is InChI=1S/C33H36N4O6S/c1-20-29(18-44-33-35-19-36-37-33)42-32(43-30(20)26-9-7-23(17-38)8-10-26)27-13-11-25(12-14-27)28-6-4-5-24(15-28)16-34-31(40)21(2)41-22(3)39/h4-15,19-21,29-30,32,38H,16-18H2,1-3H3,(H,34,40)(H,35,36,37)/t20-,21-,29+,30+,32+/m0/s1. The lowest BCUT2D eigenvalue weighted by atomic mass is 9.91. The molecule has 230 valence electrons. The van der Waals surface area contributed by atoms with Crippen molar-refractivity contribution in [2.45, 2.75) is 63.7 Å². The minimum Gasteiger partial charge on any atom is -0.453 e. The van der Waals surface area contributed by atoms with Crippen LogP contribution in [0.25, 0.3) is 11.1 Å². The maximum atomic E-state index is 12.3. The van der Waals surface area contributed by atoms with Gasteiger partial charge >= 0.3 is 5.97 Å². The number of esters is 1. The van der Waals surface area contributed by atoms with Gasteiger partial charge in [-0.2, -0.15) is 5.10 Å². The SMILES string of the molecule is CC(=O)O[C@@H](C)C(=O)NCc1cccc(-c2ccc([C@@H]3O[C@H](CSc4ncn[nH]4)[C@H](C)[C@H](c4ccc(CO)cc4)O3)cc2)c1. The second-order valence-corrected chi connectivity index (χ2v) is 11.7. The number of hydrogen-bond acceptors (Lipinski definition) is 9. The van der Waals surface area contributed by atoms with Crippen molar-refractivity contribution < 1.29 is 28.9 Å². The number of H-pyrrole nitrogens is 1. The van der Waals surface area contributed by atoms with Crippen LogP contribution in [0.3, 0.4) is 0 Å². The van der Waals surface area contributed by atoms with Crippen molar-refractivity contribution >= 4 is 23.6 Å². The summed E-state index contributed by atoms with van der Waals surface area (Å²) in [7, 11) is 0. The topological polar surface area (TPSA) is 136 Å². The van der Waals surface area contributed by atoms with Crippen LogP contribution in [0, 0.1) is 5.92 Å². The van der Waals surface area contributed by atoms with Crippen LogP contribution < -0.4 is 5.32 Å². The molecule has 1 aliphatic heterocycles. The summed E-state index contributed by atoms with van der Waals surface area (Å²) in [5.41, 5.74) is 5.70. The molecule has 3 aromatic carbocycles. The molecule has 4 aromatic rings. The molecule has 0 radical (unpaired) electrons. The summed E-state index contributed by atoms with van der Waals surface area (Å²) >= 11 is 1.56. The predicted octanol–water partition coefficient (Wildman–Crippen LogP) is 5.12. The summed E-state index contributed by atoms with van der Waals surface area (Å²) in [6.45, 7) is 5.25. The van der Waals surface area contributed by atoms with Gasteiger partial charge in [-0.3, -0.25) is 14.7 Å². The van der Waals surface area contributed by atoms with E-state index in [2.05, 4.69) is 27.4 Å². The van der Waals surface area contributed by atoms with Gasteiger partial charge < -0.3 is 24.6 Å². The quantitative estimate of drug-likeness (QED) is 0.155. The van der Waals surface area contributed by atoms with Gasteiger partial charge in [0.15, 0.2) is 17.6 Å². The number of carbonyl (C=O) groups is 2. The van der Waals surface area contributed by atoms with Gasteiger partial charge in [0, 0.05) is 30.7 Å². The average molecular weight is 617 g/mol. The molecule has 0 spiro atoms. The van der Waals surface area contributed by atoms with Gasteiger partial charge in [-0.1, -0.05) is 85.4 Å². The average Bonchev–Trinajstić information content (AvgIpc) is 3.57. The highest BCUT2D eigenvalue weighted by atomic mass is 32.2. The lowest BCUT2D eigenvalue weighted by molar-refractivity contribution is -0.268. The van der Waals surface area contributed by atoms with Crippen molar-refractivity contribution in [1.82, 2.24) is 20.5 Å². The van der Waals surface area contributed by atoms with Crippen LogP contribution in [0.15, 0.2) is 84.3 Å². The van der Waals surface area contributed by atoms with Crippen LogP contribution in [-0.2, 0) is 37.0 Å². The van der Waals surface area contributed by atoms with Gasteiger partial charge in [0.25, 0.3) is 5.91 Å². The van der Waals surface area contributed by atoms with E-state index in [1.807, 2.05) is 72.8 Å². The zero-order valence-corrected chi connectivity index (χ0v) is 25.6. The number of aromatic nitrogens is 3. The number of benzene rings is 3. The molecule has 1 fully saturated rings. The van der Waals surface area contributed by atoms with E-state index in [0.717, 1.165) is 38.5 Å². The molecule has 2 heterocycles.